The van der Waals surface area contributed by atoms with Crippen LogP contribution in [0.1, 0.15) is 58.1 Å². The molecule has 7 nitrogen and oxygen atoms in total. The summed E-state index contributed by atoms with van der Waals surface area (Å²) in [6.07, 6.45) is 5.56. The summed E-state index contributed by atoms with van der Waals surface area (Å²) in [5.41, 5.74) is 6.37. The molecule has 1 aromatic rings. The summed E-state index contributed by atoms with van der Waals surface area (Å²) in [4.78, 5) is 8.12. The molecule has 0 fully saturated rings. The van der Waals surface area contributed by atoms with Crippen LogP contribution in [0.3, 0.4) is 0 Å². The van der Waals surface area contributed by atoms with E-state index in [0.29, 0.717) is 49.2 Å². The summed E-state index contributed by atoms with van der Waals surface area (Å²) in [7, 11) is -3.03. The van der Waals surface area contributed by atoms with Gasteiger partial charge in [-0.05, 0) is 48.5 Å². The molecule has 0 aliphatic carbocycles. The predicted octanol–water partition coefficient (Wildman–Crippen LogP) is 5.12. The molecule has 150 valence electrons. The first kappa shape index (κ1) is 23.3. The van der Waals surface area contributed by atoms with E-state index in [0.717, 1.165) is 31.4 Å². The maximum Gasteiger partial charge on any atom is 0.330 e. The van der Waals surface area contributed by atoms with Crippen LogP contribution < -0.4 is 10.5 Å². The van der Waals surface area contributed by atoms with Crippen molar-refractivity contribution in [3.63, 3.8) is 0 Å². The SMILES string of the molecule is CCCCOP(=O)(CCCCOc1nc(N)nc(C)c1Br)OCCCC. The van der Waals surface area contributed by atoms with Gasteiger partial charge in [0, 0.05) is 0 Å². The van der Waals surface area contributed by atoms with E-state index in [1.807, 2.05) is 6.92 Å². The second-order valence-corrected chi connectivity index (χ2v) is 9.03. The van der Waals surface area contributed by atoms with Crippen molar-refractivity contribution in [3.05, 3.63) is 10.2 Å². The van der Waals surface area contributed by atoms with Gasteiger partial charge in [0.2, 0.25) is 11.8 Å². The van der Waals surface area contributed by atoms with Crippen LogP contribution in [-0.2, 0) is 13.6 Å². The third kappa shape index (κ3) is 8.80. The Bertz CT molecular complexity index is 575. The number of rotatable bonds is 14. The van der Waals surface area contributed by atoms with E-state index in [4.69, 9.17) is 19.5 Å². The quantitative estimate of drug-likeness (QED) is 0.309. The number of anilines is 1. The molecule has 0 atom stereocenters. The lowest BCUT2D eigenvalue weighted by atomic mass is 10.3. The third-order valence-electron chi connectivity index (χ3n) is 3.64. The second kappa shape index (κ2) is 12.7. The van der Waals surface area contributed by atoms with Gasteiger partial charge in [0.05, 0.1) is 31.7 Å². The third-order valence-corrected chi connectivity index (χ3v) is 6.57. The molecular formula is C17H31BrN3O4P. The molecule has 0 saturated heterocycles. The standard InChI is InChI=1S/C17H31BrN3O4P/c1-4-6-11-24-26(22,25-12-7-5-2)13-9-8-10-23-16-15(18)14(3)20-17(19)21-16/h4-13H2,1-3H3,(H2,19,20,21). The Morgan fingerprint density at radius 3 is 2.19 bits per heavy atom. The van der Waals surface area contributed by atoms with Crippen LogP contribution >= 0.6 is 23.5 Å². The lowest BCUT2D eigenvalue weighted by Gasteiger charge is -2.18. The smallest absolute Gasteiger partial charge is 0.330 e. The highest BCUT2D eigenvalue weighted by molar-refractivity contribution is 9.10. The van der Waals surface area contributed by atoms with Gasteiger partial charge in [-0.2, -0.15) is 4.98 Å². The maximum absolute atomic E-state index is 12.8. The molecule has 26 heavy (non-hydrogen) atoms. The number of halogens is 1. The highest BCUT2D eigenvalue weighted by Crippen LogP contribution is 2.49. The van der Waals surface area contributed by atoms with E-state index < -0.39 is 7.60 Å². The summed E-state index contributed by atoms with van der Waals surface area (Å²) in [6.45, 7) is 7.36. The molecule has 0 unspecified atom stereocenters. The minimum atomic E-state index is -3.03. The first-order valence-corrected chi connectivity index (χ1v) is 11.7. The van der Waals surface area contributed by atoms with E-state index in [1.54, 1.807) is 0 Å². The fraction of sp³-hybridized carbons (Fsp3) is 0.765. The second-order valence-electron chi connectivity index (χ2n) is 6.05. The molecule has 0 amide bonds. The molecule has 0 aliphatic heterocycles. The van der Waals surface area contributed by atoms with Crippen molar-refractivity contribution in [3.8, 4) is 5.88 Å². The van der Waals surface area contributed by atoms with Crippen LogP contribution in [0.2, 0.25) is 0 Å². The summed E-state index contributed by atoms with van der Waals surface area (Å²) < 4.78 is 30.3. The number of hydrogen-bond acceptors (Lipinski definition) is 7. The zero-order valence-electron chi connectivity index (χ0n) is 16.0. The van der Waals surface area contributed by atoms with Gasteiger partial charge in [-0.15, -0.1) is 0 Å². The molecule has 0 bridgehead atoms. The minimum Gasteiger partial charge on any atom is -0.477 e. The summed E-state index contributed by atoms with van der Waals surface area (Å²) in [5, 5.41) is 0. The Balaban J connectivity index is 2.42. The number of nitrogen functional groups attached to an aromatic ring is 1. The van der Waals surface area contributed by atoms with Crippen LogP contribution in [-0.4, -0.2) is 36.0 Å². The van der Waals surface area contributed by atoms with Crippen molar-refractivity contribution in [1.82, 2.24) is 9.97 Å². The van der Waals surface area contributed by atoms with E-state index in [-0.39, 0.29) is 5.95 Å². The molecule has 2 N–H and O–H groups in total. The molecule has 0 saturated carbocycles. The zero-order chi connectivity index (χ0) is 19.4. The Kier molecular flexibility index (Phi) is 11.4. The number of unbranched alkanes of at least 4 members (excludes halogenated alkanes) is 3. The molecule has 0 spiro atoms. The minimum absolute atomic E-state index is 0.179. The lowest BCUT2D eigenvalue weighted by Crippen LogP contribution is -2.07. The van der Waals surface area contributed by atoms with Crippen molar-refractivity contribution in [2.24, 2.45) is 0 Å². The van der Waals surface area contributed by atoms with Gasteiger partial charge in [-0.25, -0.2) is 4.98 Å². The average molecular weight is 452 g/mol. The molecule has 9 heteroatoms. The topological polar surface area (TPSA) is 96.6 Å². The van der Waals surface area contributed by atoms with Gasteiger partial charge in [-0.3, -0.25) is 4.57 Å². The molecular weight excluding hydrogens is 421 g/mol. The fourth-order valence-electron chi connectivity index (χ4n) is 2.09. The van der Waals surface area contributed by atoms with Crippen molar-refractivity contribution in [2.75, 3.05) is 31.7 Å². The number of aryl methyl sites for hydroxylation is 1. The maximum atomic E-state index is 12.8. The number of nitrogens with two attached hydrogens (primary N) is 1. The first-order valence-electron chi connectivity index (χ1n) is 9.22. The zero-order valence-corrected chi connectivity index (χ0v) is 18.5. The van der Waals surface area contributed by atoms with Crippen molar-refractivity contribution in [1.29, 1.82) is 0 Å². The van der Waals surface area contributed by atoms with E-state index in [1.165, 1.54) is 0 Å². The van der Waals surface area contributed by atoms with Crippen LogP contribution in [0.15, 0.2) is 4.47 Å². The molecule has 1 rings (SSSR count). The Labute approximate surface area is 165 Å². The van der Waals surface area contributed by atoms with Gasteiger partial charge in [0.15, 0.2) is 0 Å². The van der Waals surface area contributed by atoms with Crippen LogP contribution in [0.4, 0.5) is 5.95 Å². The molecule has 0 radical (unpaired) electrons. The summed E-state index contributed by atoms with van der Waals surface area (Å²) in [5.74, 6) is 0.607. The number of aromatic nitrogens is 2. The van der Waals surface area contributed by atoms with Crippen molar-refractivity contribution in [2.45, 2.75) is 59.3 Å². The highest BCUT2D eigenvalue weighted by atomic mass is 79.9. The van der Waals surface area contributed by atoms with Crippen LogP contribution in [0.25, 0.3) is 0 Å². The summed E-state index contributed by atoms with van der Waals surface area (Å²) >= 11 is 3.40. The molecule has 1 aromatic heterocycles. The predicted molar refractivity (Wildman–Crippen MR) is 108 cm³/mol. The van der Waals surface area contributed by atoms with Gasteiger partial charge in [-0.1, -0.05) is 26.7 Å². The highest BCUT2D eigenvalue weighted by Gasteiger charge is 2.23. The first-order chi connectivity index (χ1) is 12.4. The van der Waals surface area contributed by atoms with Crippen LogP contribution in [0, 0.1) is 6.92 Å². The largest absolute Gasteiger partial charge is 0.477 e. The van der Waals surface area contributed by atoms with Crippen molar-refractivity contribution >= 4 is 29.5 Å². The van der Waals surface area contributed by atoms with Crippen LogP contribution in [0.5, 0.6) is 5.88 Å². The number of hydrogen-bond donors (Lipinski definition) is 1. The van der Waals surface area contributed by atoms with Gasteiger partial charge in [0.1, 0.15) is 4.47 Å². The van der Waals surface area contributed by atoms with Gasteiger partial charge >= 0.3 is 7.60 Å². The Morgan fingerprint density at radius 2 is 1.62 bits per heavy atom. The molecule has 0 aromatic carbocycles. The fourth-order valence-corrected chi connectivity index (χ4v) is 4.14. The lowest BCUT2D eigenvalue weighted by molar-refractivity contribution is 0.198. The number of nitrogens with zero attached hydrogens (tertiary/aromatic N) is 2. The Morgan fingerprint density at radius 1 is 1.00 bits per heavy atom. The average Bonchev–Trinajstić information content (AvgIpc) is 2.59. The molecule has 1 heterocycles. The van der Waals surface area contributed by atoms with Gasteiger partial charge in [0.25, 0.3) is 0 Å². The van der Waals surface area contributed by atoms with E-state index in [2.05, 4.69) is 39.7 Å². The number of ether oxygens (including phenoxy) is 1. The van der Waals surface area contributed by atoms with E-state index in [9.17, 15) is 4.57 Å². The molecule has 0 aliphatic rings. The normalized spacial score (nSPS) is 11.7. The monoisotopic (exact) mass is 451 g/mol. The van der Waals surface area contributed by atoms with E-state index >= 15 is 0 Å². The summed E-state index contributed by atoms with van der Waals surface area (Å²) in [6, 6.07) is 0. The van der Waals surface area contributed by atoms with Gasteiger partial charge < -0.3 is 19.5 Å². The Hall–Kier alpha value is -0.690. The van der Waals surface area contributed by atoms with Crippen molar-refractivity contribution < 1.29 is 18.3 Å².